The quantitative estimate of drug-likeness (QED) is 0.470. The third-order valence-electron chi connectivity index (χ3n) is 4.04. The van der Waals surface area contributed by atoms with Gasteiger partial charge in [0.1, 0.15) is 11.2 Å². The zero-order valence-corrected chi connectivity index (χ0v) is 12.0. The minimum Gasteiger partial charge on any atom is -0.455 e. The van der Waals surface area contributed by atoms with Gasteiger partial charge in [0.2, 0.25) is 0 Å². The molecule has 0 N–H and O–H groups in total. The van der Waals surface area contributed by atoms with Gasteiger partial charge in [-0.25, -0.2) is 0 Å². The van der Waals surface area contributed by atoms with E-state index in [-0.39, 0.29) is 0 Å². The van der Waals surface area contributed by atoms with Crippen molar-refractivity contribution >= 4 is 21.9 Å². The number of benzene rings is 3. The summed E-state index contributed by atoms with van der Waals surface area (Å²) in [7, 11) is 0. The van der Waals surface area contributed by atoms with E-state index in [0.29, 0.717) is 0 Å². The Hall–Kier alpha value is -2.54. The highest BCUT2D eigenvalue weighted by Crippen LogP contribution is 2.33. The second kappa shape index (κ2) is 4.78. The van der Waals surface area contributed by atoms with E-state index < -0.39 is 0 Å². The molecule has 0 saturated heterocycles. The van der Waals surface area contributed by atoms with Crippen molar-refractivity contribution in [2.45, 2.75) is 13.3 Å². The zero-order valence-electron chi connectivity index (χ0n) is 12.0. The van der Waals surface area contributed by atoms with Crippen LogP contribution in [0.15, 0.2) is 71.1 Å². The van der Waals surface area contributed by atoms with Gasteiger partial charge in [-0.3, -0.25) is 0 Å². The molecule has 4 aromatic rings. The Morgan fingerprint density at radius 1 is 0.714 bits per heavy atom. The van der Waals surface area contributed by atoms with Crippen molar-refractivity contribution in [2.75, 3.05) is 0 Å². The minimum atomic E-state index is 0.900. The minimum absolute atomic E-state index is 0.900. The molecule has 0 spiro atoms. The van der Waals surface area contributed by atoms with Gasteiger partial charge in [-0.1, -0.05) is 66.7 Å². The molecule has 1 heterocycles. The molecule has 0 saturated carbocycles. The first-order valence-electron chi connectivity index (χ1n) is 7.26. The summed E-state index contributed by atoms with van der Waals surface area (Å²) in [6, 6.07) is 23.3. The molecule has 1 nitrogen and oxygen atoms in total. The molecular formula is C20H16O. The summed E-state index contributed by atoms with van der Waals surface area (Å²) >= 11 is 0. The maximum Gasteiger partial charge on any atom is 0.138 e. The number of hydrogen-bond donors (Lipinski definition) is 0. The summed E-state index contributed by atoms with van der Waals surface area (Å²) in [5.41, 5.74) is 5.77. The van der Waals surface area contributed by atoms with Crippen LogP contribution in [0, 0.1) is 6.92 Å². The van der Waals surface area contributed by atoms with Crippen LogP contribution in [0.5, 0.6) is 0 Å². The smallest absolute Gasteiger partial charge is 0.138 e. The van der Waals surface area contributed by atoms with Gasteiger partial charge in [0.15, 0.2) is 0 Å². The Balaban J connectivity index is 1.94. The van der Waals surface area contributed by atoms with E-state index in [9.17, 15) is 0 Å². The summed E-state index contributed by atoms with van der Waals surface area (Å²) in [4.78, 5) is 0. The van der Waals surface area contributed by atoms with Crippen LogP contribution in [0.25, 0.3) is 21.9 Å². The van der Waals surface area contributed by atoms with E-state index in [1.54, 1.807) is 0 Å². The van der Waals surface area contributed by atoms with Crippen LogP contribution >= 0.6 is 0 Å². The topological polar surface area (TPSA) is 13.1 Å². The van der Waals surface area contributed by atoms with Crippen molar-refractivity contribution in [3.63, 3.8) is 0 Å². The SMILES string of the molecule is Cc1cccc2c1oc1c(Cc3ccccc3)cccc12. The fraction of sp³-hybridized carbons (Fsp3) is 0.100. The Kier molecular flexibility index (Phi) is 2.78. The maximum atomic E-state index is 6.19. The maximum absolute atomic E-state index is 6.19. The molecule has 21 heavy (non-hydrogen) atoms. The van der Waals surface area contributed by atoms with Crippen LogP contribution < -0.4 is 0 Å². The zero-order chi connectivity index (χ0) is 14.2. The average Bonchev–Trinajstić information content (AvgIpc) is 2.90. The number of furan rings is 1. The summed E-state index contributed by atoms with van der Waals surface area (Å²) in [6.07, 6.45) is 0.900. The first-order valence-corrected chi connectivity index (χ1v) is 7.26. The molecule has 0 atom stereocenters. The molecule has 102 valence electrons. The van der Waals surface area contributed by atoms with E-state index in [1.165, 1.54) is 27.5 Å². The van der Waals surface area contributed by atoms with Gasteiger partial charge in [-0.2, -0.15) is 0 Å². The fourth-order valence-electron chi connectivity index (χ4n) is 2.97. The van der Waals surface area contributed by atoms with Crippen molar-refractivity contribution in [3.05, 3.63) is 83.4 Å². The lowest BCUT2D eigenvalue weighted by Gasteiger charge is -2.02. The predicted molar refractivity (Wildman–Crippen MR) is 87.7 cm³/mol. The third-order valence-corrected chi connectivity index (χ3v) is 4.04. The van der Waals surface area contributed by atoms with Crippen molar-refractivity contribution in [1.82, 2.24) is 0 Å². The van der Waals surface area contributed by atoms with E-state index in [4.69, 9.17) is 4.42 Å². The van der Waals surface area contributed by atoms with Gasteiger partial charge in [0.25, 0.3) is 0 Å². The van der Waals surface area contributed by atoms with Crippen LogP contribution in [0.4, 0.5) is 0 Å². The summed E-state index contributed by atoms with van der Waals surface area (Å²) in [5, 5.41) is 2.42. The third kappa shape index (κ3) is 2.02. The summed E-state index contributed by atoms with van der Waals surface area (Å²) < 4.78 is 6.19. The predicted octanol–water partition coefficient (Wildman–Crippen LogP) is 5.49. The van der Waals surface area contributed by atoms with E-state index >= 15 is 0 Å². The highest BCUT2D eigenvalue weighted by atomic mass is 16.3. The van der Waals surface area contributed by atoms with Gasteiger partial charge in [-0.05, 0) is 23.6 Å². The van der Waals surface area contributed by atoms with Crippen LogP contribution in [-0.4, -0.2) is 0 Å². The highest BCUT2D eigenvalue weighted by molar-refractivity contribution is 6.06. The van der Waals surface area contributed by atoms with Crippen LogP contribution in [0.1, 0.15) is 16.7 Å². The standard InChI is InChI=1S/C20H16O/c1-14-7-5-11-17-18-12-6-10-16(20(18)21-19(14)17)13-15-8-3-2-4-9-15/h2-12H,13H2,1H3. The average molecular weight is 272 g/mol. The molecule has 0 aliphatic heterocycles. The van der Waals surface area contributed by atoms with Crippen LogP contribution in [0.3, 0.4) is 0 Å². The van der Waals surface area contributed by atoms with Gasteiger partial charge < -0.3 is 4.42 Å². The molecule has 0 unspecified atom stereocenters. The summed E-state index contributed by atoms with van der Waals surface area (Å²) in [6.45, 7) is 2.10. The molecule has 1 aromatic heterocycles. The Labute approximate surface area is 123 Å². The van der Waals surface area contributed by atoms with Gasteiger partial charge in [0.05, 0.1) is 0 Å². The van der Waals surface area contributed by atoms with Crippen LogP contribution in [-0.2, 0) is 6.42 Å². The lowest BCUT2D eigenvalue weighted by atomic mass is 10.0. The van der Waals surface area contributed by atoms with Crippen molar-refractivity contribution in [3.8, 4) is 0 Å². The monoisotopic (exact) mass is 272 g/mol. The molecule has 0 radical (unpaired) electrons. The lowest BCUT2D eigenvalue weighted by molar-refractivity contribution is 0.661. The highest BCUT2D eigenvalue weighted by Gasteiger charge is 2.11. The molecule has 4 rings (SSSR count). The lowest BCUT2D eigenvalue weighted by Crippen LogP contribution is -1.87. The largest absolute Gasteiger partial charge is 0.455 e. The fourth-order valence-corrected chi connectivity index (χ4v) is 2.97. The number of aryl methyl sites for hydroxylation is 1. The normalized spacial score (nSPS) is 11.3. The molecule has 1 heteroatoms. The van der Waals surface area contributed by atoms with Gasteiger partial charge >= 0.3 is 0 Å². The molecule has 0 bridgehead atoms. The van der Waals surface area contributed by atoms with Gasteiger partial charge in [-0.15, -0.1) is 0 Å². The van der Waals surface area contributed by atoms with E-state index in [0.717, 1.165) is 17.6 Å². The van der Waals surface area contributed by atoms with E-state index in [1.807, 2.05) is 0 Å². The first-order chi connectivity index (χ1) is 10.3. The van der Waals surface area contributed by atoms with Crippen LogP contribution in [0.2, 0.25) is 0 Å². The number of hydrogen-bond acceptors (Lipinski definition) is 1. The summed E-state index contributed by atoms with van der Waals surface area (Å²) in [5.74, 6) is 0. The molecular weight excluding hydrogens is 256 g/mol. The Morgan fingerprint density at radius 2 is 1.43 bits per heavy atom. The first kappa shape index (κ1) is 12.2. The molecule has 0 amide bonds. The number of para-hydroxylation sites is 2. The second-order valence-corrected chi connectivity index (χ2v) is 5.51. The Morgan fingerprint density at radius 3 is 2.24 bits per heavy atom. The van der Waals surface area contributed by atoms with Crippen molar-refractivity contribution in [1.29, 1.82) is 0 Å². The number of fused-ring (bicyclic) bond motifs is 3. The van der Waals surface area contributed by atoms with Gasteiger partial charge in [0, 0.05) is 17.2 Å². The van der Waals surface area contributed by atoms with E-state index in [2.05, 4.69) is 73.7 Å². The Bertz CT molecular complexity index is 917. The molecule has 0 aliphatic rings. The van der Waals surface area contributed by atoms with Crippen molar-refractivity contribution < 1.29 is 4.42 Å². The van der Waals surface area contributed by atoms with Crippen molar-refractivity contribution in [2.24, 2.45) is 0 Å². The second-order valence-electron chi connectivity index (χ2n) is 5.51. The molecule has 0 fully saturated rings. The molecule has 3 aromatic carbocycles. The molecule has 0 aliphatic carbocycles. The number of rotatable bonds is 2.